The van der Waals surface area contributed by atoms with Gasteiger partial charge < -0.3 is 4.98 Å². The minimum atomic E-state index is -0.504. The molecule has 0 unspecified atom stereocenters. The summed E-state index contributed by atoms with van der Waals surface area (Å²) < 4.78 is 0. The van der Waals surface area contributed by atoms with E-state index in [1.807, 2.05) is 18.3 Å². The molecule has 2 aliphatic carbocycles. The molecule has 4 heterocycles. The van der Waals surface area contributed by atoms with E-state index >= 15 is 0 Å². The van der Waals surface area contributed by atoms with Crippen LogP contribution in [0.15, 0.2) is 58.6 Å². The summed E-state index contributed by atoms with van der Waals surface area (Å²) in [6, 6.07) is 9.49. The summed E-state index contributed by atoms with van der Waals surface area (Å²) in [5, 5.41) is 12.0. The van der Waals surface area contributed by atoms with Crippen molar-refractivity contribution < 1.29 is 14.5 Å². The van der Waals surface area contributed by atoms with Gasteiger partial charge in [-0.1, -0.05) is 17.4 Å². The van der Waals surface area contributed by atoms with E-state index in [1.165, 1.54) is 40.5 Å². The third-order valence-corrected chi connectivity index (χ3v) is 10.7. The summed E-state index contributed by atoms with van der Waals surface area (Å²) in [6.45, 7) is 0. The smallest absolute Gasteiger partial charge is 0.305 e. The number of nitro groups is 1. The van der Waals surface area contributed by atoms with Gasteiger partial charge >= 0.3 is 4.87 Å². The van der Waals surface area contributed by atoms with Crippen molar-refractivity contribution in [3.8, 4) is 0 Å². The number of benzene rings is 1. The van der Waals surface area contributed by atoms with Gasteiger partial charge in [-0.3, -0.25) is 34.4 Å². The number of nitro benzene ring substituents is 1. The van der Waals surface area contributed by atoms with Gasteiger partial charge in [0.2, 0.25) is 11.8 Å². The fourth-order valence-electron chi connectivity index (χ4n) is 6.93. The zero-order valence-corrected chi connectivity index (χ0v) is 19.7. The summed E-state index contributed by atoms with van der Waals surface area (Å²) in [7, 11) is 0. The van der Waals surface area contributed by atoms with Crippen LogP contribution in [0.4, 0.5) is 11.4 Å². The average molecular weight is 507 g/mol. The third kappa shape index (κ3) is 2.82. The largest absolute Gasteiger partial charge is 0.307 e. The number of rotatable bonds is 3. The maximum Gasteiger partial charge on any atom is 0.305 e. The molecule has 7 atom stereocenters. The number of hydrogen-bond donors (Lipinski definition) is 1. The van der Waals surface area contributed by atoms with Crippen molar-refractivity contribution in [3.63, 3.8) is 0 Å². The second kappa shape index (κ2) is 7.34. The summed E-state index contributed by atoms with van der Waals surface area (Å²) >= 11 is 2.86. The Hall–Kier alpha value is -3.31. The Morgan fingerprint density at radius 3 is 2.49 bits per heavy atom. The number of H-pyrrole nitrogens is 1. The molecule has 3 fully saturated rings. The molecule has 0 spiro atoms. The highest BCUT2D eigenvalue weighted by molar-refractivity contribution is 8.00. The SMILES string of the molecule is O=C1[C@H]2[C@H]3C[C@@H]([C@@H]2C(=O)N1c1ccc([N+](=O)[O-])cc1)[C@H]1[C@H](c2cccnc2)c2sc(=O)[nH]c2S[C@H]31. The molecule has 3 aromatic rings. The molecule has 1 saturated heterocycles. The highest BCUT2D eigenvalue weighted by atomic mass is 32.2. The second-order valence-electron chi connectivity index (χ2n) is 9.53. The Kier molecular flexibility index (Phi) is 4.41. The Bertz CT molecular complexity index is 1450. The van der Waals surface area contributed by atoms with E-state index in [0.29, 0.717) is 5.69 Å². The zero-order valence-electron chi connectivity index (χ0n) is 18.1. The normalized spacial score (nSPS) is 32.5. The molecule has 7 rings (SSSR count). The first-order valence-corrected chi connectivity index (χ1v) is 13.1. The van der Waals surface area contributed by atoms with Crippen molar-refractivity contribution in [1.29, 1.82) is 0 Å². The Morgan fingerprint density at radius 2 is 1.80 bits per heavy atom. The van der Waals surface area contributed by atoms with Crippen LogP contribution in [0.3, 0.4) is 0 Å². The van der Waals surface area contributed by atoms with Gasteiger partial charge in [-0.15, -0.1) is 11.8 Å². The summed E-state index contributed by atoms with van der Waals surface area (Å²) in [5.41, 5.74) is 1.31. The van der Waals surface area contributed by atoms with Gasteiger partial charge in [-0.2, -0.15) is 0 Å². The minimum absolute atomic E-state index is 0.0116. The molecule has 2 saturated carbocycles. The minimum Gasteiger partial charge on any atom is -0.307 e. The van der Waals surface area contributed by atoms with Crippen LogP contribution in [0.1, 0.15) is 22.8 Å². The Morgan fingerprint density at radius 1 is 1.06 bits per heavy atom. The van der Waals surface area contributed by atoms with E-state index in [-0.39, 0.29) is 51.3 Å². The van der Waals surface area contributed by atoms with E-state index in [2.05, 4.69) is 9.97 Å². The first kappa shape index (κ1) is 21.0. The molecule has 2 amide bonds. The van der Waals surface area contributed by atoms with Crippen molar-refractivity contribution in [2.24, 2.45) is 29.6 Å². The topological polar surface area (TPSA) is 126 Å². The van der Waals surface area contributed by atoms with E-state index in [4.69, 9.17) is 0 Å². The van der Waals surface area contributed by atoms with Crippen molar-refractivity contribution >= 4 is 46.3 Å². The molecule has 2 bridgehead atoms. The van der Waals surface area contributed by atoms with E-state index in [0.717, 1.165) is 21.9 Å². The number of fused-ring (bicyclic) bond motifs is 9. The van der Waals surface area contributed by atoms with Crippen LogP contribution in [0.2, 0.25) is 0 Å². The lowest BCUT2D eigenvalue weighted by Crippen LogP contribution is -2.42. The van der Waals surface area contributed by atoms with Crippen LogP contribution in [0.25, 0.3) is 0 Å². The van der Waals surface area contributed by atoms with E-state index in [1.54, 1.807) is 18.0 Å². The third-order valence-electron chi connectivity index (χ3n) is 8.09. The van der Waals surface area contributed by atoms with Gasteiger partial charge in [-0.05, 0) is 47.9 Å². The molecule has 1 N–H and O–H groups in total. The number of carbonyl (C=O) groups is 2. The van der Waals surface area contributed by atoms with Gasteiger partial charge in [0, 0.05) is 40.6 Å². The number of thioether (sulfide) groups is 1. The van der Waals surface area contributed by atoms with Crippen LogP contribution in [-0.2, 0) is 9.59 Å². The molecule has 0 radical (unpaired) electrons. The molecular weight excluding hydrogens is 488 g/mol. The van der Waals surface area contributed by atoms with E-state index in [9.17, 15) is 24.5 Å². The number of amides is 2. The lowest BCUT2D eigenvalue weighted by atomic mass is 9.68. The fraction of sp³-hybridized carbons (Fsp3) is 0.333. The predicted octanol–water partition coefficient (Wildman–Crippen LogP) is 3.42. The number of non-ortho nitro benzene ring substituents is 1. The van der Waals surface area contributed by atoms with Crippen molar-refractivity contribution in [2.45, 2.75) is 22.6 Å². The van der Waals surface area contributed by atoms with Crippen LogP contribution >= 0.6 is 23.1 Å². The number of nitrogens with one attached hydrogen (secondary N) is 1. The number of imide groups is 1. The first-order valence-electron chi connectivity index (χ1n) is 11.4. The van der Waals surface area contributed by atoms with E-state index < -0.39 is 16.8 Å². The second-order valence-corrected chi connectivity index (χ2v) is 11.7. The lowest BCUT2D eigenvalue weighted by Gasteiger charge is -2.42. The average Bonchev–Trinajstić information content (AvgIpc) is 3.58. The lowest BCUT2D eigenvalue weighted by molar-refractivity contribution is -0.384. The summed E-state index contributed by atoms with van der Waals surface area (Å²) in [6.07, 6.45) is 4.36. The van der Waals surface area contributed by atoms with Gasteiger partial charge in [0.1, 0.15) is 0 Å². The molecule has 2 aliphatic heterocycles. The predicted molar refractivity (Wildman–Crippen MR) is 128 cm³/mol. The first-order chi connectivity index (χ1) is 16.9. The molecule has 9 nitrogen and oxygen atoms in total. The van der Waals surface area contributed by atoms with Gasteiger partial charge in [0.25, 0.3) is 5.69 Å². The zero-order chi connectivity index (χ0) is 24.0. The molecule has 4 aliphatic rings. The number of hydrogen-bond acceptors (Lipinski definition) is 8. The maximum absolute atomic E-state index is 13.7. The van der Waals surface area contributed by atoms with Gasteiger partial charge in [0.15, 0.2) is 0 Å². The number of carbonyl (C=O) groups excluding carboxylic acids is 2. The molecule has 176 valence electrons. The maximum atomic E-state index is 13.7. The number of thiazole rings is 1. The summed E-state index contributed by atoms with van der Waals surface area (Å²) in [4.78, 5) is 59.5. The Labute approximate surface area is 206 Å². The number of anilines is 1. The quantitative estimate of drug-likeness (QED) is 0.328. The summed E-state index contributed by atoms with van der Waals surface area (Å²) in [5.74, 6) is -1.17. The standard InChI is InChI=1S/C24H18N4O5S2/c29-22-17-13-8-14(18(17)23(30)27(22)11-3-5-12(6-4-11)28(32)33)19-16(13)15(10-2-1-7-25-9-10)20-21(34-19)26-24(31)35-20/h1-7,9,13-19H,8H2,(H,26,31)/t13-,14-,15+,16+,17+,18+,19-/m1/s1. The number of nitrogens with zero attached hydrogens (tertiary/aromatic N) is 3. The van der Waals surface area contributed by atoms with Crippen molar-refractivity contribution in [1.82, 2.24) is 9.97 Å². The highest BCUT2D eigenvalue weighted by Gasteiger charge is 2.69. The Balaban J connectivity index is 1.29. The van der Waals surface area contributed by atoms with Crippen LogP contribution < -0.4 is 9.77 Å². The monoisotopic (exact) mass is 506 g/mol. The van der Waals surface area contributed by atoms with Crippen LogP contribution in [-0.4, -0.2) is 32.0 Å². The number of aromatic amines is 1. The fourth-order valence-corrected chi connectivity index (χ4v) is 9.82. The molecular formula is C24H18N4O5S2. The van der Waals surface area contributed by atoms with Gasteiger partial charge in [-0.25, -0.2) is 0 Å². The van der Waals surface area contributed by atoms with Crippen molar-refractivity contribution in [2.75, 3.05) is 4.90 Å². The molecule has 11 heteroatoms. The molecule has 1 aromatic carbocycles. The van der Waals surface area contributed by atoms with Gasteiger partial charge in [0.05, 0.1) is 27.5 Å². The van der Waals surface area contributed by atoms with Crippen molar-refractivity contribution in [3.05, 3.63) is 79.0 Å². The number of aromatic nitrogens is 2. The molecule has 2 aromatic heterocycles. The van der Waals surface area contributed by atoms with Crippen LogP contribution in [0.5, 0.6) is 0 Å². The highest BCUT2D eigenvalue weighted by Crippen LogP contribution is 2.68. The number of pyridine rings is 1. The van der Waals surface area contributed by atoms with Crippen LogP contribution in [0, 0.1) is 39.7 Å². The molecule has 35 heavy (non-hydrogen) atoms.